The second kappa shape index (κ2) is 6.11. The Labute approximate surface area is 129 Å². The molecule has 2 heteroatoms. The minimum atomic E-state index is 0.559. The summed E-state index contributed by atoms with van der Waals surface area (Å²) in [5.74, 6) is 0. The maximum atomic E-state index is 3.65. The van der Waals surface area contributed by atoms with E-state index in [0.29, 0.717) is 6.04 Å². The van der Waals surface area contributed by atoms with Crippen LogP contribution in [0.15, 0.2) is 46.9 Å². The number of hydrogen-bond acceptors (Lipinski definition) is 1. The predicted molar refractivity (Wildman–Crippen MR) is 88.9 cm³/mol. The van der Waals surface area contributed by atoms with Gasteiger partial charge in [0.1, 0.15) is 0 Å². The summed E-state index contributed by atoms with van der Waals surface area (Å²) in [4.78, 5) is 0. The van der Waals surface area contributed by atoms with Crippen LogP contribution in [0.5, 0.6) is 0 Å². The van der Waals surface area contributed by atoms with E-state index in [1.807, 2.05) is 0 Å². The molecule has 0 amide bonds. The highest BCUT2D eigenvalue weighted by Gasteiger charge is 2.21. The van der Waals surface area contributed by atoms with E-state index in [2.05, 4.69) is 70.6 Å². The Morgan fingerprint density at radius 1 is 1.10 bits per heavy atom. The zero-order valence-corrected chi connectivity index (χ0v) is 13.4. The van der Waals surface area contributed by atoms with Crippen LogP contribution in [0.1, 0.15) is 36.9 Å². The first-order chi connectivity index (χ1) is 9.78. The average Bonchev–Trinajstić information content (AvgIpc) is 2.88. The van der Waals surface area contributed by atoms with Crippen molar-refractivity contribution >= 4 is 15.9 Å². The van der Waals surface area contributed by atoms with Gasteiger partial charge in [-0.3, -0.25) is 0 Å². The van der Waals surface area contributed by atoms with Gasteiger partial charge in [0, 0.05) is 10.5 Å². The first-order valence-electron chi connectivity index (χ1n) is 7.40. The van der Waals surface area contributed by atoms with Crippen molar-refractivity contribution in [3.05, 3.63) is 58.1 Å². The van der Waals surface area contributed by atoms with Gasteiger partial charge in [-0.2, -0.15) is 0 Å². The third-order valence-electron chi connectivity index (χ3n) is 4.04. The van der Waals surface area contributed by atoms with Crippen LogP contribution in [0.2, 0.25) is 0 Å². The molecule has 0 fully saturated rings. The van der Waals surface area contributed by atoms with Gasteiger partial charge in [-0.1, -0.05) is 53.2 Å². The van der Waals surface area contributed by atoms with Crippen LogP contribution in [-0.4, -0.2) is 6.54 Å². The van der Waals surface area contributed by atoms with Crippen LogP contribution < -0.4 is 5.32 Å². The number of aryl methyl sites for hydroxylation is 1. The molecule has 0 saturated heterocycles. The van der Waals surface area contributed by atoms with Crippen molar-refractivity contribution in [2.24, 2.45) is 0 Å². The predicted octanol–water partition coefficient (Wildman–Crippen LogP) is 5.10. The Hall–Kier alpha value is -1.12. The molecule has 20 heavy (non-hydrogen) atoms. The number of benzene rings is 2. The lowest BCUT2D eigenvalue weighted by molar-refractivity contribution is 0.529. The summed E-state index contributed by atoms with van der Waals surface area (Å²) < 4.78 is 1.13. The van der Waals surface area contributed by atoms with Crippen molar-refractivity contribution in [2.75, 3.05) is 6.54 Å². The van der Waals surface area contributed by atoms with Crippen molar-refractivity contribution in [1.82, 2.24) is 5.32 Å². The number of rotatable bonds is 4. The molecule has 0 saturated carbocycles. The van der Waals surface area contributed by atoms with Crippen LogP contribution in [0, 0.1) is 0 Å². The van der Waals surface area contributed by atoms with Crippen molar-refractivity contribution in [2.45, 2.75) is 32.2 Å². The molecular formula is C18H20BrN. The molecule has 0 spiro atoms. The monoisotopic (exact) mass is 329 g/mol. The van der Waals surface area contributed by atoms with Gasteiger partial charge < -0.3 is 5.32 Å². The van der Waals surface area contributed by atoms with Crippen LogP contribution in [0.4, 0.5) is 0 Å². The minimum absolute atomic E-state index is 0.559. The maximum Gasteiger partial charge on any atom is 0.0326 e. The van der Waals surface area contributed by atoms with E-state index in [9.17, 15) is 0 Å². The van der Waals surface area contributed by atoms with E-state index < -0.39 is 0 Å². The summed E-state index contributed by atoms with van der Waals surface area (Å²) in [5.41, 5.74) is 5.63. The number of fused-ring (bicyclic) bond motifs is 1. The number of nitrogens with one attached hydrogen (secondary N) is 1. The molecule has 0 heterocycles. The summed E-state index contributed by atoms with van der Waals surface area (Å²) in [5, 5.41) is 3.65. The second-order valence-corrected chi connectivity index (χ2v) is 6.38. The third-order valence-corrected chi connectivity index (χ3v) is 4.57. The Morgan fingerprint density at radius 3 is 2.60 bits per heavy atom. The molecule has 1 nitrogen and oxygen atoms in total. The first kappa shape index (κ1) is 13.8. The molecule has 0 aliphatic heterocycles. The van der Waals surface area contributed by atoms with Gasteiger partial charge in [-0.25, -0.2) is 0 Å². The lowest BCUT2D eigenvalue weighted by Crippen LogP contribution is -2.19. The molecule has 2 aromatic carbocycles. The maximum absolute atomic E-state index is 3.65. The lowest BCUT2D eigenvalue weighted by Gasteiger charge is -2.13. The van der Waals surface area contributed by atoms with Gasteiger partial charge in [0.2, 0.25) is 0 Å². The molecule has 1 N–H and O–H groups in total. The molecule has 104 valence electrons. The molecule has 1 unspecified atom stereocenters. The summed E-state index contributed by atoms with van der Waals surface area (Å²) in [7, 11) is 0. The molecule has 3 rings (SSSR count). The fourth-order valence-corrected chi connectivity index (χ4v) is 3.23. The molecule has 0 radical (unpaired) electrons. The highest BCUT2D eigenvalue weighted by Crippen LogP contribution is 2.34. The van der Waals surface area contributed by atoms with Crippen molar-refractivity contribution < 1.29 is 0 Å². The standard InChI is InChI=1S/C18H20BrN/c1-2-11-20-18-10-6-15-12-14(5-9-17(15)18)13-3-7-16(19)8-4-13/h3-5,7-9,12,18,20H,2,6,10-11H2,1H3. The van der Waals surface area contributed by atoms with Gasteiger partial charge in [-0.15, -0.1) is 0 Å². The fraction of sp³-hybridized carbons (Fsp3) is 0.333. The fourth-order valence-electron chi connectivity index (χ4n) is 2.97. The van der Waals surface area contributed by atoms with Crippen LogP contribution >= 0.6 is 15.9 Å². The third kappa shape index (κ3) is 2.82. The first-order valence-corrected chi connectivity index (χ1v) is 8.19. The van der Waals surface area contributed by atoms with E-state index in [-0.39, 0.29) is 0 Å². The van der Waals surface area contributed by atoms with Gasteiger partial charge >= 0.3 is 0 Å². The van der Waals surface area contributed by atoms with Gasteiger partial charge in [0.15, 0.2) is 0 Å². The van der Waals surface area contributed by atoms with Crippen LogP contribution in [0.25, 0.3) is 11.1 Å². The molecule has 1 aliphatic carbocycles. The Morgan fingerprint density at radius 2 is 1.85 bits per heavy atom. The van der Waals surface area contributed by atoms with Gasteiger partial charge in [0.25, 0.3) is 0 Å². The second-order valence-electron chi connectivity index (χ2n) is 5.47. The largest absolute Gasteiger partial charge is 0.310 e. The van der Waals surface area contributed by atoms with E-state index >= 15 is 0 Å². The average molecular weight is 330 g/mol. The quantitative estimate of drug-likeness (QED) is 0.822. The smallest absolute Gasteiger partial charge is 0.0326 e. The SMILES string of the molecule is CCCNC1CCc2cc(-c3ccc(Br)cc3)ccc21. The van der Waals surface area contributed by atoms with Gasteiger partial charge in [-0.05, 0) is 60.2 Å². The van der Waals surface area contributed by atoms with Crippen molar-refractivity contribution in [3.63, 3.8) is 0 Å². The normalized spacial score (nSPS) is 17.2. The van der Waals surface area contributed by atoms with E-state index in [1.165, 1.54) is 41.5 Å². The molecule has 0 aromatic heterocycles. The topological polar surface area (TPSA) is 12.0 Å². The number of halogens is 1. The van der Waals surface area contributed by atoms with Crippen LogP contribution in [0.3, 0.4) is 0 Å². The lowest BCUT2D eigenvalue weighted by atomic mass is 10.00. The molecule has 1 atom stereocenters. The van der Waals surface area contributed by atoms with Crippen molar-refractivity contribution in [1.29, 1.82) is 0 Å². The van der Waals surface area contributed by atoms with Gasteiger partial charge in [0.05, 0.1) is 0 Å². The summed E-state index contributed by atoms with van der Waals surface area (Å²) >= 11 is 3.49. The van der Waals surface area contributed by atoms with E-state index in [4.69, 9.17) is 0 Å². The zero-order valence-electron chi connectivity index (χ0n) is 11.8. The molecular weight excluding hydrogens is 310 g/mol. The Balaban J connectivity index is 1.85. The summed E-state index contributed by atoms with van der Waals surface area (Å²) in [6.45, 7) is 3.33. The summed E-state index contributed by atoms with van der Waals surface area (Å²) in [6.07, 6.45) is 3.63. The minimum Gasteiger partial charge on any atom is -0.310 e. The molecule has 1 aliphatic rings. The van der Waals surface area contributed by atoms with Crippen molar-refractivity contribution in [3.8, 4) is 11.1 Å². The zero-order chi connectivity index (χ0) is 13.9. The Kier molecular flexibility index (Phi) is 4.23. The highest BCUT2D eigenvalue weighted by molar-refractivity contribution is 9.10. The van der Waals surface area contributed by atoms with E-state index in [0.717, 1.165) is 11.0 Å². The Bertz CT molecular complexity index is 589. The van der Waals surface area contributed by atoms with E-state index in [1.54, 1.807) is 0 Å². The highest BCUT2D eigenvalue weighted by atomic mass is 79.9. The van der Waals surface area contributed by atoms with Crippen LogP contribution in [-0.2, 0) is 6.42 Å². The molecule has 0 bridgehead atoms. The summed E-state index contributed by atoms with van der Waals surface area (Å²) in [6, 6.07) is 16.1. The molecule has 2 aromatic rings. The number of hydrogen-bond donors (Lipinski definition) is 1.